The number of carbonyl (C=O) groups is 1. The van der Waals surface area contributed by atoms with Crippen LogP contribution < -0.4 is 0 Å². The Balaban J connectivity index is 1.91. The van der Waals surface area contributed by atoms with Gasteiger partial charge in [-0.2, -0.15) is 0 Å². The maximum absolute atomic E-state index is 11.8. The molecule has 0 aromatic rings. The minimum absolute atomic E-state index is 0.315. The molecule has 0 aromatic heterocycles. The zero-order chi connectivity index (χ0) is 10.8. The number of piperidine rings is 1. The molecule has 86 valence electrons. The van der Waals surface area contributed by atoms with Crippen molar-refractivity contribution in [3.8, 4) is 0 Å². The van der Waals surface area contributed by atoms with E-state index in [2.05, 4.69) is 16.8 Å². The fourth-order valence-electron chi connectivity index (χ4n) is 2.57. The van der Waals surface area contributed by atoms with E-state index in [1.165, 1.54) is 0 Å². The summed E-state index contributed by atoms with van der Waals surface area (Å²) in [6.07, 6.45) is 2.91. The molecule has 0 aromatic carbocycles. The summed E-state index contributed by atoms with van der Waals surface area (Å²) in [5.74, 6) is 1.32. The Kier molecular flexibility index (Phi) is 3.52. The molecule has 1 amide bonds. The predicted octanol–water partition coefficient (Wildman–Crippen LogP) is 1.17. The number of hydrogen-bond donors (Lipinski definition) is 0. The van der Waals surface area contributed by atoms with Gasteiger partial charge in [-0.25, -0.2) is 0 Å². The zero-order valence-electron chi connectivity index (χ0n) is 9.29. The lowest BCUT2D eigenvalue weighted by molar-refractivity contribution is -0.130. The number of amides is 1. The molecule has 4 heteroatoms. The molecule has 2 saturated heterocycles. The van der Waals surface area contributed by atoms with Crippen LogP contribution >= 0.6 is 11.6 Å². The van der Waals surface area contributed by atoms with Crippen LogP contribution in [0.2, 0.25) is 0 Å². The predicted molar refractivity (Wildman–Crippen MR) is 61.1 cm³/mol. The van der Waals surface area contributed by atoms with Gasteiger partial charge in [0.15, 0.2) is 0 Å². The van der Waals surface area contributed by atoms with Crippen molar-refractivity contribution in [2.45, 2.75) is 25.3 Å². The third kappa shape index (κ3) is 2.45. The van der Waals surface area contributed by atoms with Gasteiger partial charge in [0.25, 0.3) is 0 Å². The van der Waals surface area contributed by atoms with Gasteiger partial charge in [-0.05, 0) is 38.9 Å². The highest BCUT2D eigenvalue weighted by atomic mass is 35.5. The quantitative estimate of drug-likeness (QED) is 0.665. The van der Waals surface area contributed by atoms with E-state index in [-0.39, 0.29) is 0 Å². The Labute approximate surface area is 96.4 Å². The molecule has 15 heavy (non-hydrogen) atoms. The Bertz CT molecular complexity index is 239. The van der Waals surface area contributed by atoms with E-state index in [1.54, 1.807) is 0 Å². The summed E-state index contributed by atoms with van der Waals surface area (Å²) in [6.45, 7) is 3.11. The van der Waals surface area contributed by atoms with Crippen molar-refractivity contribution in [3.05, 3.63) is 0 Å². The number of alkyl halides is 1. The van der Waals surface area contributed by atoms with Crippen LogP contribution in [-0.4, -0.2) is 54.3 Å². The molecule has 2 aliphatic rings. The van der Waals surface area contributed by atoms with E-state index in [0.29, 0.717) is 30.2 Å². The van der Waals surface area contributed by atoms with Crippen LogP contribution in [0.15, 0.2) is 0 Å². The highest BCUT2D eigenvalue weighted by Crippen LogP contribution is 2.25. The first-order valence-corrected chi connectivity index (χ1v) is 6.28. The van der Waals surface area contributed by atoms with Crippen LogP contribution in [0.5, 0.6) is 0 Å². The Morgan fingerprint density at radius 2 is 2.07 bits per heavy atom. The molecular formula is C11H19ClN2O. The van der Waals surface area contributed by atoms with E-state index in [4.69, 9.17) is 11.6 Å². The maximum atomic E-state index is 11.8. The van der Waals surface area contributed by atoms with Crippen molar-refractivity contribution in [2.24, 2.45) is 5.92 Å². The molecule has 2 aliphatic heterocycles. The summed E-state index contributed by atoms with van der Waals surface area (Å²) in [5.41, 5.74) is 0. The van der Waals surface area contributed by atoms with Gasteiger partial charge in [0.05, 0.1) is 0 Å². The monoisotopic (exact) mass is 230 g/mol. The summed E-state index contributed by atoms with van der Waals surface area (Å²) in [6, 6.07) is 0.474. The van der Waals surface area contributed by atoms with Gasteiger partial charge in [0.2, 0.25) is 5.91 Å². The van der Waals surface area contributed by atoms with Gasteiger partial charge in [-0.15, -0.1) is 11.6 Å². The van der Waals surface area contributed by atoms with Crippen molar-refractivity contribution in [3.63, 3.8) is 0 Å². The summed E-state index contributed by atoms with van der Waals surface area (Å²) in [5, 5.41) is 0. The van der Waals surface area contributed by atoms with Crippen LogP contribution in [-0.2, 0) is 4.79 Å². The summed E-state index contributed by atoms with van der Waals surface area (Å²) >= 11 is 5.81. The van der Waals surface area contributed by atoms with E-state index < -0.39 is 0 Å². The first-order valence-electron chi connectivity index (χ1n) is 5.74. The molecule has 2 fully saturated rings. The SMILES string of the molecule is CN1CCC(N2CC(CCl)CC2=O)CC1. The fourth-order valence-corrected chi connectivity index (χ4v) is 2.78. The van der Waals surface area contributed by atoms with Gasteiger partial charge in [0.1, 0.15) is 0 Å². The lowest BCUT2D eigenvalue weighted by Gasteiger charge is -2.35. The van der Waals surface area contributed by atoms with Crippen molar-refractivity contribution in [1.82, 2.24) is 9.80 Å². The Hall–Kier alpha value is -0.280. The Morgan fingerprint density at radius 3 is 2.60 bits per heavy atom. The van der Waals surface area contributed by atoms with E-state index >= 15 is 0 Å². The molecule has 3 nitrogen and oxygen atoms in total. The van der Waals surface area contributed by atoms with Crippen LogP contribution in [0, 0.1) is 5.92 Å². The normalized spacial score (nSPS) is 30.1. The first kappa shape index (κ1) is 11.2. The van der Waals surface area contributed by atoms with Crippen LogP contribution in [0.1, 0.15) is 19.3 Å². The second-order valence-electron chi connectivity index (χ2n) is 4.81. The maximum Gasteiger partial charge on any atom is 0.223 e. The van der Waals surface area contributed by atoms with E-state index in [0.717, 1.165) is 32.5 Å². The zero-order valence-corrected chi connectivity index (χ0v) is 10.0. The third-order valence-electron chi connectivity index (χ3n) is 3.59. The third-order valence-corrected chi connectivity index (χ3v) is 4.02. The van der Waals surface area contributed by atoms with Crippen LogP contribution in [0.3, 0.4) is 0 Å². The average Bonchev–Trinajstić information content (AvgIpc) is 2.61. The van der Waals surface area contributed by atoms with E-state index in [9.17, 15) is 4.79 Å². The summed E-state index contributed by atoms with van der Waals surface area (Å²) in [4.78, 5) is 16.2. The highest BCUT2D eigenvalue weighted by molar-refractivity contribution is 6.18. The molecule has 0 radical (unpaired) electrons. The molecule has 0 bridgehead atoms. The molecule has 1 unspecified atom stereocenters. The van der Waals surface area contributed by atoms with Crippen LogP contribution in [0.25, 0.3) is 0 Å². The molecule has 1 atom stereocenters. The van der Waals surface area contributed by atoms with Crippen molar-refractivity contribution < 1.29 is 4.79 Å². The van der Waals surface area contributed by atoms with Gasteiger partial charge in [0, 0.05) is 24.9 Å². The smallest absolute Gasteiger partial charge is 0.223 e. The minimum Gasteiger partial charge on any atom is -0.339 e. The molecule has 0 N–H and O–H groups in total. The molecule has 2 heterocycles. The van der Waals surface area contributed by atoms with Gasteiger partial charge >= 0.3 is 0 Å². The molecular weight excluding hydrogens is 212 g/mol. The second-order valence-corrected chi connectivity index (χ2v) is 5.11. The molecule has 0 spiro atoms. The van der Waals surface area contributed by atoms with Crippen LogP contribution in [0.4, 0.5) is 0 Å². The number of nitrogens with zero attached hydrogens (tertiary/aromatic N) is 2. The summed E-state index contributed by atoms with van der Waals surface area (Å²) < 4.78 is 0. The standard InChI is InChI=1S/C11H19ClN2O/c1-13-4-2-10(3-5-13)14-8-9(7-12)6-11(14)15/h9-10H,2-8H2,1H3. The van der Waals surface area contributed by atoms with Crippen molar-refractivity contribution in [2.75, 3.05) is 32.6 Å². The number of halogens is 1. The van der Waals surface area contributed by atoms with E-state index in [1.807, 2.05) is 0 Å². The number of likely N-dealkylation sites (tertiary alicyclic amines) is 2. The molecule has 2 rings (SSSR count). The highest BCUT2D eigenvalue weighted by Gasteiger charge is 2.34. The molecule has 0 aliphatic carbocycles. The van der Waals surface area contributed by atoms with Gasteiger partial charge < -0.3 is 9.80 Å². The van der Waals surface area contributed by atoms with Crippen molar-refractivity contribution in [1.29, 1.82) is 0 Å². The topological polar surface area (TPSA) is 23.6 Å². The number of carbonyl (C=O) groups excluding carboxylic acids is 1. The van der Waals surface area contributed by atoms with Gasteiger partial charge in [-0.3, -0.25) is 4.79 Å². The Morgan fingerprint density at radius 1 is 1.40 bits per heavy atom. The summed E-state index contributed by atoms with van der Waals surface area (Å²) in [7, 11) is 2.14. The number of rotatable bonds is 2. The minimum atomic E-state index is 0.315. The van der Waals surface area contributed by atoms with Crippen molar-refractivity contribution >= 4 is 17.5 Å². The first-order chi connectivity index (χ1) is 7.20. The lowest BCUT2D eigenvalue weighted by Crippen LogP contribution is -2.44. The number of hydrogen-bond acceptors (Lipinski definition) is 2. The van der Waals surface area contributed by atoms with Gasteiger partial charge in [-0.1, -0.05) is 0 Å². The second kappa shape index (κ2) is 4.71. The lowest BCUT2D eigenvalue weighted by atomic mass is 10.0. The average molecular weight is 231 g/mol. The fraction of sp³-hybridized carbons (Fsp3) is 0.909. The largest absolute Gasteiger partial charge is 0.339 e. The molecule has 0 saturated carbocycles.